The number of hydrogen-bond donors (Lipinski definition) is 0. The van der Waals surface area contributed by atoms with Gasteiger partial charge in [0.25, 0.3) is 0 Å². The van der Waals surface area contributed by atoms with E-state index in [0.29, 0.717) is 19.3 Å². The number of unbranched alkanes of at least 4 members (excludes halogenated alkanes) is 27. The van der Waals surface area contributed by atoms with Crippen LogP contribution in [-0.4, -0.2) is 37.2 Å². The standard InChI is InChI=1S/C48H92O6/c1-6-7-8-9-10-11-12-13-17-23-28-33-38-46(49)52-41-45(54-48(51)40-35-30-25-20-19-22-27-32-37-44(4)5)42-53-47(50)39-34-29-24-18-15-14-16-21-26-31-36-43(2)3/h43-45H,6-42H2,1-5H3/t45-/m1/s1. The van der Waals surface area contributed by atoms with Crippen LogP contribution in [0.4, 0.5) is 0 Å². The van der Waals surface area contributed by atoms with E-state index < -0.39 is 6.10 Å². The third-order valence-electron chi connectivity index (χ3n) is 10.7. The molecular formula is C48H92O6. The molecule has 320 valence electrons. The van der Waals surface area contributed by atoms with Crippen LogP contribution in [-0.2, 0) is 28.6 Å². The molecule has 6 heteroatoms. The van der Waals surface area contributed by atoms with Crippen LogP contribution in [0.15, 0.2) is 0 Å². The van der Waals surface area contributed by atoms with Crippen LogP contribution in [0.3, 0.4) is 0 Å². The van der Waals surface area contributed by atoms with Gasteiger partial charge in [0, 0.05) is 19.3 Å². The maximum Gasteiger partial charge on any atom is 0.306 e. The molecule has 0 unspecified atom stereocenters. The molecule has 0 spiro atoms. The van der Waals surface area contributed by atoms with Gasteiger partial charge in [-0.3, -0.25) is 14.4 Å². The predicted molar refractivity (Wildman–Crippen MR) is 229 cm³/mol. The fraction of sp³-hybridized carbons (Fsp3) is 0.938. The van der Waals surface area contributed by atoms with E-state index in [-0.39, 0.29) is 31.1 Å². The highest BCUT2D eigenvalue weighted by molar-refractivity contribution is 5.71. The topological polar surface area (TPSA) is 78.9 Å². The van der Waals surface area contributed by atoms with Gasteiger partial charge in [-0.05, 0) is 31.1 Å². The molecule has 0 saturated heterocycles. The minimum Gasteiger partial charge on any atom is -0.462 e. The summed E-state index contributed by atoms with van der Waals surface area (Å²) in [6.07, 6.45) is 39.5. The van der Waals surface area contributed by atoms with E-state index in [9.17, 15) is 14.4 Å². The molecule has 0 N–H and O–H groups in total. The van der Waals surface area contributed by atoms with Gasteiger partial charge >= 0.3 is 17.9 Å². The van der Waals surface area contributed by atoms with Crippen molar-refractivity contribution >= 4 is 17.9 Å². The lowest BCUT2D eigenvalue weighted by molar-refractivity contribution is -0.167. The van der Waals surface area contributed by atoms with E-state index in [4.69, 9.17) is 14.2 Å². The van der Waals surface area contributed by atoms with Crippen LogP contribution in [0.25, 0.3) is 0 Å². The lowest BCUT2D eigenvalue weighted by atomic mass is 10.0. The SMILES string of the molecule is CCCCCCCCCCCCCCC(=O)OC[C@H](COC(=O)CCCCCCCCCCCCC(C)C)OC(=O)CCCCCCCCCCC(C)C. The number of hydrogen-bond acceptors (Lipinski definition) is 6. The summed E-state index contributed by atoms with van der Waals surface area (Å²) >= 11 is 0. The fourth-order valence-electron chi connectivity index (χ4n) is 7.11. The third-order valence-corrected chi connectivity index (χ3v) is 10.7. The molecule has 0 aromatic heterocycles. The van der Waals surface area contributed by atoms with Gasteiger partial charge in [0.1, 0.15) is 13.2 Å². The zero-order valence-corrected chi connectivity index (χ0v) is 36.8. The van der Waals surface area contributed by atoms with Crippen molar-refractivity contribution in [2.75, 3.05) is 13.2 Å². The summed E-state index contributed by atoms with van der Waals surface area (Å²) in [7, 11) is 0. The highest BCUT2D eigenvalue weighted by Crippen LogP contribution is 2.17. The molecular weight excluding hydrogens is 673 g/mol. The van der Waals surface area contributed by atoms with Gasteiger partial charge in [0.15, 0.2) is 6.10 Å². The quantitative estimate of drug-likeness (QED) is 0.0350. The summed E-state index contributed by atoms with van der Waals surface area (Å²) < 4.78 is 16.7. The van der Waals surface area contributed by atoms with Gasteiger partial charge < -0.3 is 14.2 Å². The summed E-state index contributed by atoms with van der Waals surface area (Å²) in [5.74, 6) is 0.755. The number of carbonyl (C=O) groups is 3. The zero-order valence-electron chi connectivity index (χ0n) is 36.8. The van der Waals surface area contributed by atoms with Crippen molar-refractivity contribution in [3.8, 4) is 0 Å². The second-order valence-corrected chi connectivity index (χ2v) is 17.3. The lowest BCUT2D eigenvalue weighted by Gasteiger charge is -2.18. The number of ether oxygens (including phenoxy) is 3. The maximum atomic E-state index is 12.7. The fourth-order valence-corrected chi connectivity index (χ4v) is 7.11. The summed E-state index contributed by atoms with van der Waals surface area (Å²) in [6, 6.07) is 0. The average molecular weight is 765 g/mol. The molecule has 54 heavy (non-hydrogen) atoms. The first-order chi connectivity index (χ1) is 26.2. The summed E-state index contributed by atoms with van der Waals surface area (Å²) in [6.45, 7) is 11.3. The number of rotatable bonds is 42. The first kappa shape index (κ1) is 52.4. The predicted octanol–water partition coefficient (Wildman–Crippen LogP) is 15.0. The van der Waals surface area contributed by atoms with Crippen LogP contribution in [0, 0.1) is 11.8 Å². The Bertz CT molecular complexity index is 824. The molecule has 1 atom stereocenters. The first-order valence-corrected chi connectivity index (χ1v) is 23.7. The first-order valence-electron chi connectivity index (χ1n) is 23.7. The Labute approximate surface area is 336 Å². The molecule has 0 heterocycles. The normalized spacial score (nSPS) is 12.1. The molecule has 0 bridgehead atoms. The van der Waals surface area contributed by atoms with Crippen molar-refractivity contribution in [2.45, 2.75) is 265 Å². The van der Waals surface area contributed by atoms with Gasteiger partial charge in [0.05, 0.1) is 0 Å². The molecule has 0 aliphatic carbocycles. The van der Waals surface area contributed by atoms with Crippen LogP contribution < -0.4 is 0 Å². The summed E-state index contributed by atoms with van der Waals surface area (Å²) in [4.78, 5) is 37.8. The van der Waals surface area contributed by atoms with E-state index >= 15 is 0 Å². The smallest absolute Gasteiger partial charge is 0.306 e. The minimum atomic E-state index is -0.761. The van der Waals surface area contributed by atoms with Gasteiger partial charge in [-0.1, -0.05) is 221 Å². The maximum absolute atomic E-state index is 12.7. The molecule has 0 aliphatic heterocycles. The second kappa shape index (κ2) is 41.1. The summed E-state index contributed by atoms with van der Waals surface area (Å²) in [5.41, 5.74) is 0. The minimum absolute atomic E-state index is 0.0648. The summed E-state index contributed by atoms with van der Waals surface area (Å²) in [5, 5.41) is 0. The van der Waals surface area contributed by atoms with Gasteiger partial charge in [-0.15, -0.1) is 0 Å². The Morgan fingerprint density at radius 3 is 0.907 bits per heavy atom. The van der Waals surface area contributed by atoms with Crippen molar-refractivity contribution in [1.82, 2.24) is 0 Å². The van der Waals surface area contributed by atoms with Crippen molar-refractivity contribution in [3.63, 3.8) is 0 Å². The van der Waals surface area contributed by atoms with Crippen molar-refractivity contribution in [3.05, 3.63) is 0 Å². The molecule has 0 aromatic rings. The highest BCUT2D eigenvalue weighted by Gasteiger charge is 2.19. The zero-order chi connectivity index (χ0) is 39.7. The average Bonchev–Trinajstić information content (AvgIpc) is 3.14. The monoisotopic (exact) mass is 765 g/mol. The van der Waals surface area contributed by atoms with Crippen molar-refractivity contribution in [2.24, 2.45) is 11.8 Å². The van der Waals surface area contributed by atoms with Crippen LogP contribution >= 0.6 is 0 Å². The van der Waals surface area contributed by atoms with Crippen molar-refractivity contribution in [1.29, 1.82) is 0 Å². The Balaban J connectivity index is 4.33. The van der Waals surface area contributed by atoms with Gasteiger partial charge in [-0.25, -0.2) is 0 Å². The van der Waals surface area contributed by atoms with Gasteiger partial charge in [0.2, 0.25) is 0 Å². The Morgan fingerprint density at radius 2 is 0.611 bits per heavy atom. The second-order valence-electron chi connectivity index (χ2n) is 17.3. The van der Waals surface area contributed by atoms with E-state index in [1.54, 1.807) is 0 Å². The molecule has 0 aliphatic rings. The molecule has 0 saturated carbocycles. The molecule has 0 rings (SSSR count). The van der Waals surface area contributed by atoms with Crippen LogP contribution in [0.5, 0.6) is 0 Å². The molecule has 0 radical (unpaired) electrons. The van der Waals surface area contributed by atoms with Crippen LogP contribution in [0.2, 0.25) is 0 Å². The molecule has 0 amide bonds. The number of esters is 3. The van der Waals surface area contributed by atoms with E-state index in [1.165, 1.54) is 148 Å². The van der Waals surface area contributed by atoms with Crippen LogP contribution in [0.1, 0.15) is 259 Å². The molecule has 0 aromatic carbocycles. The Kier molecular flexibility index (Phi) is 39.8. The Morgan fingerprint density at radius 1 is 0.352 bits per heavy atom. The van der Waals surface area contributed by atoms with Crippen molar-refractivity contribution < 1.29 is 28.6 Å². The highest BCUT2D eigenvalue weighted by atomic mass is 16.6. The molecule has 0 fully saturated rings. The van der Waals surface area contributed by atoms with E-state index in [2.05, 4.69) is 34.6 Å². The van der Waals surface area contributed by atoms with E-state index in [0.717, 1.165) is 69.6 Å². The largest absolute Gasteiger partial charge is 0.462 e. The Hall–Kier alpha value is -1.59. The number of carbonyl (C=O) groups excluding carboxylic acids is 3. The molecule has 6 nitrogen and oxygen atoms in total. The third kappa shape index (κ3) is 41.6. The lowest BCUT2D eigenvalue weighted by Crippen LogP contribution is -2.30. The van der Waals surface area contributed by atoms with Gasteiger partial charge in [-0.2, -0.15) is 0 Å². The van der Waals surface area contributed by atoms with E-state index in [1.807, 2.05) is 0 Å².